The number of esters is 1. The van der Waals surface area contributed by atoms with Crippen LogP contribution in [0.3, 0.4) is 0 Å². The maximum absolute atomic E-state index is 12.8. The standard InChI is InChI=1S/C24H30N4O5/c1-16(14-29)26-18-12-19-21(27-20(30)15-32-2)22(24(31)33-3)28(23(19)25-13-18)11-7-10-17-8-5-4-6-9-17/h4-6,8-9,12-13,16,26,29H,7,10-11,14-15H2,1-3H3,(H,27,30)/t16-/m0/s1. The van der Waals surface area contributed by atoms with E-state index in [2.05, 4.69) is 27.8 Å². The van der Waals surface area contributed by atoms with E-state index in [1.165, 1.54) is 19.8 Å². The molecule has 0 unspecified atom stereocenters. The van der Waals surface area contributed by atoms with Gasteiger partial charge in [-0.1, -0.05) is 30.3 Å². The third-order valence-electron chi connectivity index (χ3n) is 5.19. The number of rotatable bonds is 11. The summed E-state index contributed by atoms with van der Waals surface area (Å²) in [6.07, 6.45) is 3.22. The normalized spacial score (nSPS) is 11.9. The van der Waals surface area contributed by atoms with Crippen molar-refractivity contribution in [1.82, 2.24) is 9.55 Å². The summed E-state index contributed by atoms with van der Waals surface area (Å²) in [6.45, 7) is 2.13. The first kappa shape index (κ1) is 24.2. The topological polar surface area (TPSA) is 115 Å². The van der Waals surface area contributed by atoms with Gasteiger partial charge in [0.2, 0.25) is 5.91 Å². The molecule has 2 aromatic heterocycles. The van der Waals surface area contributed by atoms with Gasteiger partial charge in [0.1, 0.15) is 12.3 Å². The highest BCUT2D eigenvalue weighted by atomic mass is 16.5. The first-order valence-electron chi connectivity index (χ1n) is 10.8. The number of aliphatic hydroxyl groups excluding tert-OH is 1. The van der Waals surface area contributed by atoms with Crippen LogP contribution >= 0.6 is 0 Å². The molecule has 1 aromatic carbocycles. The zero-order valence-electron chi connectivity index (χ0n) is 19.1. The molecule has 176 valence electrons. The molecule has 0 spiro atoms. The molecule has 3 N–H and O–H groups in total. The van der Waals surface area contributed by atoms with Crippen LogP contribution < -0.4 is 10.6 Å². The first-order valence-corrected chi connectivity index (χ1v) is 10.8. The molecule has 0 fully saturated rings. The van der Waals surface area contributed by atoms with Crippen molar-refractivity contribution in [3.05, 3.63) is 53.9 Å². The molecule has 0 saturated heterocycles. The number of amides is 1. The van der Waals surface area contributed by atoms with Crippen LogP contribution in [0, 0.1) is 0 Å². The Labute approximate surface area is 192 Å². The molecule has 0 aliphatic rings. The summed E-state index contributed by atoms with van der Waals surface area (Å²) >= 11 is 0. The fraction of sp³-hybridized carbons (Fsp3) is 0.375. The molecular weight excluding hydrogens is 424 g/mol. The van der Waals surface area contributed by atoms with E-state index in [9.17, 15) is 14.7 Å². The van der Waals surface area contributed by atoms with E-state index < -0.39 is 11.9 Å². The third-order valence-corrected chi connectivity index (χ3v) is 5.19. The zero-order chi connectivity index (χ0) is 23.8. The Hall–Kier alpha value is -3.43. The highest BCUT2D eigenvalue weighted by Gasteiger charge is 2.26. The van der Waals surface area contributed by atoms with Crippen molar-refractivity contribution >= 4 is 34.3 Å². The molecule has 3 aromatic rings. The molecule has 33 heavy (non-hydrogen) atoms. The number of nitrogens with zero attached hydrogens (tertiary/aromatic N) is 2. The van der Waals surface area contributed by atoms with E-state index in [1.54, 1.807) is 16.8 Å². The lowest BCUT2D eigenvalue weighted by Gasteiger charge is -2.12. The lowest BCUT2D eigenvalue weighted by atomic mass is 10.1. The van der Waals surface area contributed by atoms with Gasteiger partial charge in [-0.05, 0) is 31.4 Å². The monoisotopic (exact) mass is 454 g/mol. The van der Waals surface area contributed by atoms with Crippen LogP contribution in [0.5, 0.6) is 0 Å². The fourth-order valence-corrected chi connectivity index (χ4v) is 3.68. The minimum absolute atomic E-state index is 0.0522. The molecular formula is C24H30N4O5. The van der Waals surface area contributed by atoms with Crippen molar-refractivity contribution in [2.75, 3.05) is 38.1 Å². The predicted octanol–water partition coefficient (Wildman–Crippen LogP) is 2.83. The Morgan fingerprint density at radius 3 is 2.64 bits per heavy atom. The van der Waals surface area contributed by atoms with Crippen LogP contribution in [0.4, 0.5) is 11.4 Å². The number of benzene rings is 1. The number of fused-ring (bicyclic) bond motifs is 1. The van der Waals surface area contributed by atoms with Gasteiger partial charge in [-0.25, -0.2) is 9.78 Å². The minimum Gasteiger partial charge on any atom is -0.464 e. The van der Waals surface area contributed by atoms with Crippen molar-refractivity contribution in [2.45, 2.75) is 32.4 Å². The van der Waals surface area contributed by atoms with Gasteiger partial charge >= 0.3 is 5.97 Å². The molecule has 0 aliphatic heterocycles. The van der Waals surface area contributed by atoms with E-state index in [0.717, 1.165) is 12.8 Å². The second-order valence-corrected chi connectivity index (χ2v) is 7.76. The van der Waals surface area contributed by atoms with Gasteiger partial charge in [-0.3, -0.25) is 4.79 Å². The summed E-state index contributed by atoms with van der Waals surface area (Å²) in [5.74, 6) is -0.966. The smallest absolute Gasteiger partial charge is 0.356 e. The van der Waals surface area contributed by atoms with E-state index >= 15 is 0 Å². The SMILES string of the molecule is COCC(=O)Nc1c(C(=O)OC)n(CCCc2ccccc2)c2ncc(N[C@@H](C)CO)cc12. The Balaban J connectivity index is 2.05. The number of anilines is 2. The maximum Gasteiger partial charge on any atom is 0.356 e. The lowest BCUT2D eigenvalue weighted by Crippen LogP contribution is -2.20. The van der Waals surface area contributed by atoms with Gasteiger partial charge < -0.3 is 29.8 Å². The summed E-state index contributed by atoms with van der Waals surface area (Å²) in [7, 11) is 2.73. The Kier molecular flexibility index (Phi) is 8.39. The molecule has 9 heteroatoms. The number of aromatic nitrogens is 2. The summed E-state index contributed by atoms with van der Waals surface area (Å²) < 4.78 is 11.8. The number of hydrogen-bond acceptors (Lipinski definition) is 7. The van der Waals surface area contributed by atoms with Crippen molar-refractivity contribution < 1.29 is 24.2 Å². The molecule has 0 radical (unpaired) electrons. The van der Waals surface area contributed by atoms with Crippen LogP contribution in [0.1, 0.15) is 29.4 Å². The number of pyridine rings is 1. The third kappa shape index (κ3) is 5.88. The fourth-order valence-electron chi connectivity index (χ4n) is 3.68. The Morgan fingerprint density at radius 1 is 1.21 bits per heavy atom. The van der Waals surface area contributed by atoms with Crippen LogP contribution in [-0.2, 0) is 27.2 Å². The number of carbonyl (C=O) groups excluding carboxylic acids is 2. The highest BCUT2D eigenvalue weighted by Crippen LogP contribution is 2.33. The van der Waals surface area contributed by atoms with Crippen molar-refractivity contribution in [3.63, 3.8) is 0 Å². The lowest BCUT2D eigenvalue weighted by molar-refractivity contribution is -0.119. The van der Waals surface area contributed by atoms with Crippen molar-refractivity contribution in [1.29, 1.82) is 0 Å². The van der Waals surface area contributed by atoms with E-state index in [1.807, 2.05) is 25.1 Å². The number of hydrogen-bond donors (Lipinski definition) is 3. The van der Waals surface area contributed by atoms with Gasteiger partial charge in [0, 0.05) is 25.1 Å². The molecule has 1 atom stereocenters. The summed E-state index contributed by atoms with van der Waals surface area (Å²) in [6, 6.07) is 11.7. The van der Waals surface area contributed by atoms with Crippen molar-refractivity contribution in [3.8, 4) is 0 Å². The average Bonchev–Trinajstić information content (AvgIpc) is 3.11. The van der Waals surface area contributed by atoms with Gasteiger partial charge in [0.15, 0.2) is 5.69 Å². The second kappa shape index (κ2) is 11.4. The van der Waals surface area contributed by atoms with Gasteiger partial charge in [-0.15, -0.1) is 0 Å². The number of ether oxygens (including phenoxy) is 2. The first-order chi connectivity index (χ1) is 16.0. The van der Waals surface area contributed by atoms with Crippen LogP contribution in [0.15, 0.2) is 42.6 Å². The number of methoxy groups -OCH3 is 2. The zero-order valence-corrected chi connectivity index (χ0v) is 19.1. The quantitative estimate of drug-likeness (QED) is 0.382. The largest absolute Gasteiger partial charge is 0.464 e. The van der Waals surface area contributed by atoms with Crippen LogP contribution in [0.2, 0.25) is 0 Å². The van der Waals surface area contributed by atoms with Gasteiger partial charge in [0.25, 0.3) is 0 Å². The molecule has 0 aliphatic carbocycles. The van der Waals surface area contributed by atoms with Crippen molar-refractivity contribution in [2.24, 2.45) is 0 Å². The molecule has 0 saturated carbocycles. The summed E-state index contributed by atoms with van der Waals surface area (Å²) in [5.41, 5.74) is 2.96. The van der Waals surface area contributed by atoms with E-state index in [-0.39, 0.29) is 24.9 Å². The summed E-state index contributed by atoms with van der Waals surface area (Å²) in [5, 5.41) is 15.9. The van der Waals surface area contributed by atoms with Crippen LogP contribution in [0.25, 0.3) is 11.0 Å². The van der Waals surface area contributed by atoms with E-state index in [4.69, 9.17) is 9.47 Å². The number of aryl methyl sites for hydroxylation is 2. The molecule has 0 bridgehead atoms. The number of aliphatic hydroxyl groups is 1. The van der Waals surface area contributed by atoms with Gasteiger partial charge in [0.05, 0.1) is 31.3 Å². The minimum atomic E-state index is -0.571. The maximum atomic E-state index is 12.8. The predicted molar refractivity (Wildman–Crippen MR) is 127 cm³/mol. The average molecular weight is 455 g/mol. The molecule has 1 amide bonds. The molecule has 9 nitrogen and oxygen atoms in total. The van der Waals surface area contributed by atoms with Crippen LogP contribution in [-0.4, -0.2) is 60.0 Å². The molecule has 3 rings (SSSR count). The van der Waals surface area contributed by atoms with E-state index in [0.29, 0.717) is 29.0 Å². The highest BCUT2D eigenvalue weighted by molar-refractivity contribution is 6.11. The molecule has 2 heterocycles. The number of carbonyl (C=O) groups is 2. The van der Waals surface area contributed by atoms with Gasteiger partial charge in [-0.2, -0.15) is 0 Å². The second-order valence-electron chi connectivity index (χ2n) is 7.76. The summed E-state index contributed by atoms with van der Waals surface area (Å²) in [4.78, 5) is 29.7. The number of nitrogens with one attached hydrogen (secondary N) is 2. The Bertz CT molecular complexity index is 1100. The Morgan fingerprint density at radius 2 is 1.97 bits per heavy atom.